The van der Waals surface area contributed by atoms with Gasteiger partial charge in [0, 0.05) is 22.4 Å². The second kappa shape index (κ2) is 7.93. The number of esters is 1. The van der Waals surface area contributed by atoms with E-state index in [2.05, 4.69) is 5.32 Å². The first-order valence-electron chi connectivity index (χ1n) is 8.15. The summed E-state index contributed by atoms with van der Waals surface area (Å²) in [5.41, 5.74) is 1.04. The quantitative estimate of drug-likeness (QED) is 0.521. The molecule has 26 heavy (non-hydrogen) atoms. The minimum absolute atomic E-state index is 0.0960. The SMILES string of the molecule is CCC(=O)Nc1ccc(C(=O)COC(=O)c2cc3ccccc3s2)cc1. The number of ether oxygens (including phenoxy) is 1. The average Bonchev–Trinajstić information content (AvgIpc) is 3.10. The van der Waals surface area contributed by atoms with E-state index < -0.39 is 5.97 Å². The van der Waals surface area contributed by atoms with Crippen LogP contribution in [0.1, 0.15) is 33.4 Å². The maximum atomic E-state index is 12.2. The van der Waals surface area contributed by atoms with E-state index in [-0.39, 0.29) is 18.3 Å². The highest BCUT2D eigenvalue weighted by Crippen LogP contribution is 2.25. The fraction of sp³-hybridized carbons (Fsp3) is 0.150. The van der Waals surface area contributed by atoms with Crippen LogP contribution in [0.5, 0.6) is 0 Å². The van der Waals surface area contributed by atoms with Crippen LogP contribution in [-0.4, -0.2) is 24.3 Å². The number of carbonyl (C=O) groups is 3. The van der Waals surface area contributed by atoms with E-state index >= 15 is 0 Å². The molecule has 132 valence electrons. The molecule has 1 aromatic heterocycles. The molecule has 0 saturated carbocycles. The van der Waals surface area contributed by atoms with Crippen LogP contribution in [0, 0.1) is 0 Å². The zero-order chi connectivity index (χ0) is 18.5. The third-order valence-corrected chi connectivity index (χ3v) is 4.87. The molecular weight excluding hydrogens is 350 g/mol. The number of carbonyl (C=O) groups excluding carboxylic acids is 3. The largest absolute Gasteiger partial charge is 0.453 e. The van der Waals surface area contributed by atoms with Crippen LogP contribution in [0.4, 0.5) is 5.69 Å². The minimum Gasteiger partial charge on any atom is -0.453 e. The monoisotopic (exact) mass is 367 g/mol. The number of hydrogen-bond donors (Lipinski definition) is 1. The molecule has 0 atom stereocenters. The maximum absolute atomic E-state index is 12.2. The number of anilines is 1. The van der Waals surface area contributed by atoms with Gasteiger partial charge in [-0.25, -0.2) is 4.79 Å². The zero-order valence-electron chi connectivity index (χ0n) is 14.2. The molecular formula is C20H17NO4S. The molecule has 3 rings (SSSR count). The number of fused-ring (bicyclic) bond motifs is 1. The maximum Gasteiger partial charge on any atom is 0.348 e. The average molecular weight is 367 g/mol. The van der Waals surface area contributed by atoms with Gasteiger partial charge in [-0.1, -0.05) is 25.1 Å². The van der Waals surface area contributed by atoms with Crippen molar-refractivity contribution in [1.29, 1.82) is 0 Å². The van der Waals surface area contributed by atoms with E-state index in [9.17, 15) is 14.4 Å². The lowest BCUT2D eigenvalue weighted by Crippen LogP contribution is -2.14. The molecule has 0 spiro atoms. The number of amides is 1. The van der Waals surface area contributed by atoms with Crippen LogP contribution >= 0.6 is 11.3 Å². The number of thiophene rings is 1. The summed E-state index contributed by atoms with van der Waals surface area (Å²) < 4.78 is 6.13. The lowest BCUT2D eigenvalue weighted by molar-refractivity contribution is -0.115. The highest BCUT2D eigenvalue weighted by molar-refractivity contribution is 7.20. The van der Waals surface area contributed by atoms with Crippen molar-refractivity contribution >= 4 is 44.8 Å². The van der Waals surface area contributed by atoms with E-state index in [0.29, 0.717) is 22.5 Å². The van der Waals surface area contributed by atoms with Gasteiger partial charge in [0.1, 0.15) is 4.88 Å². The Bertz CT molecular complexity index is 926. The number of benzene rings is 2. The van der Waals surface area contributed by atoms with Gasteiger partial charge in [0.2, 0.25) is 5.91 Å². The first-order chi connectivity index (χ1) is 12.6. The van der Waals surface area contributed by atoms with E-state index in [1.54, 1.807) is 37.3 Å². The van der Waals surface area contributed by atoms with Crippen molar-refractivity contribution < 1.29 is 19.1 Å². The predicted molar refractivity (Wildman–Crippen MR) is 102 cm³/mol. The summed E-state index contributed by atoms with van der Waals surface area (Å²) in [5, 5.41) is 3.68. The molecule has 0 saturated heterocycles. The Morgan fingerprint density at radius 2 is 1.77 bits per heavy atom. The summed E-state index contributed by atoms with van der Waals surface area (Å²) in [4.78, 5) is 36.1. The highest BCUT2D eigenvalue weighted by Gasteiger charge is 2.14. The third kappa shape index (κ3) is 4.15. The van der Waals surface area contributed by atoms with Gasteiger partial charge in [0.15, 0.2) is 12.4 Å². The van der Waals surface area contributed by atoms with Gasteiger partial charge >= 0.3 is 5.97 Å². The van der Waals surface area contributed by atoms with Crippen LogP contribution in [0.15, 0.2) is 54.6 Å². The van der Waals surface area contributed by atoms with Crippen LogP contribution in [0.25, 0.3) is 10.1 Å². The second-order valence-electron chi connectivity index (χ2n) is 5.63. The van der Waals surface area contributed by atoms with E-state index in [0.717, 1.165) is 10.1 Å². The molecule has 2 aromatic carbocycles. The Labute approximate surface area is 154 Å². The highest BCUT2D eigenvalue weighted by atomic mass is 32.1. The van der Waals surface area contributed by atoms with Crippen molar-refractivity contribution in [3.63, 3.8) is 0 Å². The zero-order valence-corrected chi connectivity index (χ0v) is 15.0. The van der Waals surface area contributed by atoms with E-state index in [1.165, 1.54) is 11.3 Å². The third-order valence-electron chi connectivity index (χ3n) is 3.77. The molecule has 1 amide bonds. The number of nitrogens with one attached hydrogen (secondary N) is 1. The lowest BCUT2D eigenvalue weighted by atomic mass is 10.1. The summed E-state index contributed by atoms with van der Waals surface area (Å²) in [6.07, 6.45) is 0.383. The van der Waals surface area contributed by atoms with Gasteiger partial charge in [-0.3, -0.25) is 9.59 Å². The number of ketones is 1. The Morgan fingerprint density at radius 1 is 1.04 bits per heavy atom. The Kier molecular flexibility index (Phi) is 5.43. The molecule has 5 nitrogen and oxygen atoms in total. The van der Waals surface area contributed by atoms with Crippen molar-refractivity contribution in [1.82, 2.24) is 0 Å². The Hall–Kier alpha value is -2.99. The van der Waals surface area contributed by atoms with Crippen LogP contribution in [0.2, 0.25) is 0 Å². The van der Waals surface area contributed by atoms with E-state index in [4.69, 9.17) is 4.74 Å². The summed E-state index contributed by atoms with van der Waals surface area (Å²) >= 11 is 1.34. The van der Waals surface area contributed by atoms with Gasteiger partial charge in [-0.05, 0) is 41.8 Å². The summed E-state index contributed by atoms with van der Waals surface area (Å²) in [6, 6.07) is 15.9. The van der Waals surface area contributed by atoms with E-state index in [1.807, 2.05) is 24.3 Å². The van der Waals surface area contributed by atoms with Crippen molar-refractivity contribution in [3.8, 4) is 0 Å². The molecule has 1 N–H and O–H groups in total. The molecule has 0 unspecified atom stereocenters. The lowest BCUT2D eigenvalue weighted by Gasteiger charge is -2.06. The smallest absolute Gasteiger partial charge is 0.348 e. The topological polar surface area (TPSA) is 72.5 Å². The number of rotatable bonds is 6. The first kappa shape index (κ1) is 17.8. The molecule has 0 radical (unpaired) electrons. The Balaban J connectivity index is 1.59. The molecule has 0 bridgehead atoms. The number of Topliss-reactive ketones (excluding diaryl/α,β-unsaturated/α-hetero) is 1. The summed E-state index contributed by atoms with van der Waals surface area (Å²) in [7, 11) is 0. The standard InChI is InChI=1S/C20H17NO4S/c1-2-19(23)21-15-9-7-13(8-10-15)16(22)12-25-20(24)18-11-14-5-3-4-6-17(14)26-18/h3-11H,2,12H2,1H3,(H,21,23). The molecule has 0 aliphatic carbocycles. The van der Waals surface area contributed by atoms with Gasteiger partial charge in [-0.2, -0.15) is 0 Å². The van der Waals surface area contributed by atoms with Crippen molar-refractivity contribution in [3.05, 3.63) is 65.0 Å². The fourth-order valence-electron chi connectivity index (χ4n) is 2.36. The normalized spacial score (nSPS) is 10.5. The first-order valence-corrected chi connectivity index (χ1v) is 8.97. The summed E-state index contributed by atoms with van der Waals surface area (Å²) in [5.74, 6) is -0.902. The number of hydrogen-bond acceptors (Lipinski definition) is 5. The Morgan fingerprint density at radius 3 is 2.46 bits per heavy atom. The predicted octanol–water partition coefficient (Wildman–Crippen LogP) is 4.29. The second-order valence-corrected chi connectivity index (χ2v) is 6.71. The molecule has 6 heteroatoms. The van der Waals surface area contributed by atoms with Crippen LogP contribution in [-0.2, 0) is 9.53 Å². The van der Waals surface area contributed by atoms with Crippen molar-refractivity contribution in [2.75, 3.05) is 11.9 Å². The van der Waals surface area contributed by atoms with Gasteiger partial charge < -0.3 is 10.1 Å². The molecule has 3 aromatic rings. The van der Waals surface area contributed by atoms with Crippen molar-refractivity contribution in [2.45, 2.75) is 13.3 Å². The van der Waals surface area contributed by atoms with Crippen LogP contribution < -0.4 is 5.32 Å². The van der Waals surface area contributed by atoms with Gasteiger partial charge in [0.05, 0.1) is 0 Å². The molecule has 1 heterocycles. The summed E-state index contributed by atoms with van der Waals surface area (Å²) in [6.45, 7) is 1.44. The van der Waals surface area contributed by atoms with Gasteiger partial charge in [-0.15, -0.1) is 11.3 Å². The molecule has 0 fully saturated rings. The molecule has 0 aliphatic heterocycles. The van der Waals surface area contributed by atoms with Gasteiger partial charge in [0.25, 0.3) is 0 Å². The fourth-order valence-corrected chi connectivity index (χ4v) is 3.31. The van der Waals surface area contributed by atoms with Crippen molar-refractivity contribution in [2.24, 2.45) is 0 Å². The van der Waals surface area contributed by atoms with Crippen LogP contribution in [0.3, 0.4) is 0 Å². The minimum atomic E-state index is -0.508. The molecule has 0 aliphatic rings.